The minimum Gasteiger partial charge on any atom is -0.381 e. The van der Waals surface area contributed by atoms with E-state index in [-0.39, 0.29) is 11.5 Å². The van der Waals surface area contributed by atoms with Gasteiger partial charge in [0.15, 0.2) is 0 Å². The third-order valence-corrected chi connectivity index (χ3v) is 4.58. The van der Waals surface area contributed by atoms with Crippen molar-refractivity contribution in [3.8, 4) is 0 Å². The van der Waals surface area contributed by atoms with E-state index >= 15 is 0 Å². The Hall–Kier alpha value is -0.610. The molecule has 1 saturated carbocycles. The maximum Gasteiger partial charge on any atom is 0.239 e. The van der Waals surface area contributed by atoms with Crippen LogP contribution >= 0.6 is 0 Å². The second-order valence-electron chi connectivity index (χ2n) is 6.47. The van der Waals surface area contributed by atoms with Crippen molar-refractivity contribution in [1.82, 2.24) is 10.2 Å². The summed E-state index contributed by atoms with van der Waals surface area (Å²) in [5, 5.41) is 3.47. The van der Waals surface area contributed by atoms with E-state index in [4.69, 9.17) is 4.74 Å². The topological polar surface area (TPSA) is 41.6 Å². The zero-order chi connectivity index (χ0) is 12.6. The van der Waals surface area contributed by atoms with Crippen molar-refractivity contribution < 1.29 is 9.53 Å². The lowest BCUT2D eigenvalue weighted by atomic mass is 9.82. The molecule has 2 heterocycles. The first kappa shape index (κ1) is 12.4. The third kappa shape index (κ3) is 2.69. The van der Waals surface area contributed by atoms with Crippen LogP contribution in [0.1, 0.15) is 39.0 Å². The van der Waals surface area contributed by atoms with E-state index in [2.05, 4.69) is 17.1 Å². The molecule has 4 heteroatoms. The fourth-order valence-electron chi connectivity index (χ4n) is 3.07. The highest BCUT2D eigenvalue weighted by atomic mass is 16.5. The number of nitrogens with one attached hydrogen (secondary N) is 1. The van der Waals surface area contributed by atoms with Crippen LogP contribution < -0.4 is 5.32 Å². The maximum atomic E-state index is 12.3. The quantitative estimate of drug-likeness (QED) is 0.816. The molecule has 0 aromatic heterocycles. The highest BCUT2D eigenvalue weighted by Gasteiger charge is 2.39. The number of ether oxygens (including phenoxy) is 1. The Labute approximate surface area is 109 Å². The van der Waals surface area contributed by atoms with E-state index in [1.165, 1.54) is 12.8 Å². The molecule has 4 nitrogen and oxygen atoms in total. The molecule has 1 N–H and O–H groups in total. The normalized spacial score (nSPS) is 31.9. The lowest BCUT2D eigenvalue weighted by Crippen LogP contribution is -2.44. The molecular formula is C14H24N2O2. The number of hydrogen-bond donors (Lipinski definition) is 1. The van der Waals surface area contributed by atoms with Gasteiger partial charge >= 0.3 is 0 Å². The molecule has 0 spiro atoms. The summed E-state index contributed by atoms with van der Waals surface area (Å²) in [5.74, 6) is 0.328. The predicted molar refractivity (Wildman–Crippen MR) is 69.3 cm³/mol. The Morgan fingerprint density at radius 3 is 2.72 bits per heavy atom. The molecule has 102 valence electrons. The first-order valence-electron chi connectivity index (χ1n) is 7.29. The highest BCUT2D eigenvalue weighted by Crippen LogP contribution is 2.32. The maximum absolute atomic E-state index is 12.3. The summed E-state index contributed by atoms with van der Waals surface area (Å²) >= 11 is 0. The van der Waals surface area contributed by atoms with Crippen molar-refractivity contribution in [2.24, 2.45) is 5.41 Å². The van der Waals surface area contributed by atoms with E-state index in [1.54, 1.807) is 0 Å². The van der Waals surface area contributed by atoms with Gasteiger partial charge in [0.25, 0.3) is 0 Å². The molecule has 1 amide bonds. The van der Waals surface area contributed by atoms with E-state index in [9.17, 15) is 4.79 Å². The minimum atomic E-state index is 0.0981. The number of amides is 1. The number of carbonyl (C=O) groups excluding carboxylic acids is 1. The minimum absolute atomic E-state index is 0.0981. The molecular weight excluding hydrogens is 228 g/mol. The van der Waals surface area contributed by atoms with Crippen LogP contribution in [-0.4, -0.2) is 49.2 Å². The van der Waals surface area contributed by atoms with Crippen molar-refractivity contribution in [1.29, 1.82) is 0 Å². The third-order valence-electron chi connectivity index (χ3n) is 4.58. The van der Waals surface area contributed by atoms with Crippen LogP contribution in [0.25, 0.3) is 0 Å². The smallest absolute Gasteiger partial charge is 0.239 e. The first-order valence-corrected chi connectivity index (χ1v) is 7.29. The Kier molecular flexibility index (Phi) is 3.32. The average Bonchev–Trinajstić information content (AvgIpc) is 3.10. The van der Waals surface area contributed by atoms with E-state index in [1.807, 2.05) is 0 Å². The number of likely N-dealkylation sites (tertiary alicyclic amines) is 1. The van der Waals surface area contributed by atoms with Gasteiger partial charge < -0.3 is 15.0 Å². The molecule has 2 aliphatic heterocycles. The van der Waals surface area contributed by atoms with Gasteiger partial charge in [-0.1, -0.05) is 6.92 Å². The van der Waals surface area contributed by atoms with E-state index in [0.29, 0.717) is 11.9 Å². The van der Waals surface area contributed by atoms with Crippen molar-refractivity contribution in [2.45, 2.75) is 51.1 Å². The van der Waals surface area contributed by atoms with Gasteiger partial charge in [0, 0.05) is 32.3 Å². The Morgan fingerprint density at radius 1 is 1.33 bits per heavy atom. The first-order chi connectivity index (χ1) is 8.66. The van der Waals surface area contributed by atoms with Gasteiger partial charge in [-0.05, 0) is 37.5 Å². The zero-order valence-electron chi connectivity index (χ0n) is 11.3. The summed E-state index contributed by atoms with van der Waals surface area (Å²) in [4.78, 5) is 14.4. The predicted octanol–water partition coefficient (Wildman–Crippen LogP) is 1.16. The molecule has 1 atom stereocenters. The van der Waals surface area contributed by atoms with Crippen LogP contribution in [0.3, 0.4) is 0 Å². The van der Waals surface area contributed by atoms with Gasteiger partial charge in [-0.25, -0.2) is 0 Å². The summed E-state index contributed by atoms with van der Waals surface area (Å²) in [7, 11) is 0. The highest BCUT2D eigenvalue weighted by molar-refractivity contribution is 5.84. The summed E-state index contributed by atoms with van der Waals surface area (Å²) < 4.78 is 5.42. The fraction of sp³-hybridized carbons (Fsp3) is 0.929. The monoisotopic (exact) mass is 252 g/mol. The standard InChI is InChI=1S/C14H24N2O2/c1-14(5-8-18-9-6-14)10-16-7-4-12(13(16)17)15-11-2-3-11/h11-12,15H,2-10H2,1H3. The molecule has 1 unspecified atom stereocenters. The zero-order valence-corrected chi connectivity index (χ0v) is 11.3. The van der Waals surface area contributed by atoms with Crippen LogP contribution in [0, 0.1) is 5.41 Å². The van der Waals surface area contributed by atoms with Gasteiger partial charge in [-0.3, -0.25) is 4.79 Å². The number of carbonyl (C=O) groups is 1. The van der Waals surface area contributed by atoms with Crippen molar-refractivity contribution >= 4 is 5.91 Å². The van der Waals surface area contributed by atoms with Crippen LogP contribution in [0.2, 0.25) is 0 Å². The van der Waals surface area contributed by atoms with Crippen molar-refractivity contribution in [3.63, 3.8) is 0 Å². The summed E-state index contributed by atoms with van der Waals surface area (Å²) in [5.41, 5.74) is 0.266. The van der Waals surface area contributed by atoms with Crippen molar-refractivity contribution in [2.75, 3.05) is 26.3 Å². The molecule has 1 aliphatic carbocycles. The van der Waals surface area contributed by atoms with Crippen LogP contribution in [0.4, 0.5) is 0 Å². The van der Waals surface area contributed by atoms with Crippen LogP contribution in [0.15, 0.2) is 0 Å². The summed E-state index contributed by atoms with van der Waals surface area (Å²) in [6.45, 7) is 5.84. The Bertz CT molecular complexity index is 322. The molecule has 3 fully saturated rings. The van der Waals surface area contributed by atoms with Gasteiger partial charge in [-0.2, -0.15) is 0 Å². The van der Waals surface area contributed by atoms with E-state index in [0.717, 1.165) is 45.6 Å². The lowest BCUT2D eigenvalue weighted by Gasteiger charge is -2.36. The fourth-order valence-corrected chi connectivity index (χ4v) is 3.07. The number of nitrogens with zero attached hydrogens (tertiary/aromatic N) is 1. The molecule has 0 aromatic rings. The molecule has 0 aromatic carbocycles. The van der Waals surface area contributed by atoms with Crippen LogP contribution in [-0.2, 0) is 9.53 Å². The second-order valence-corrected chi connectivity index (χ2v) is 6.47. The Balaban J connectivity index is 1.54. The second kappa shape index (κ2) is 4.82. The van der Waals surface area contributed by atoms with Crippen LogP contribution in [0.5, 0.6) is 0 Å². The van der Waals surface area contributed by atoms with Gasteiger partial charge in [0.2, 0.25) is 5.91 Å². The molecule has 3 rings (SSSR count). The lowest BCUT2D eigenvalue weighted by molar-refractivity contribution is -0.131. The molecule has 0 bridgehead atoms. The summed E-state index contributed by atoms with van der Waals surface area (Å²) in [6, 6.07) is 0.721. The number of rotatable bonds is 4. The number of hydrogen-bond acceptors (Lipinski definition) is 3. The molecule has 2 saturated heterocycles. The van der Waals surface area contributed by atoms with E-state index < -0.39 is 0 Å². The SMILES string of the molecule is CC1(CN2CCC(NC3CC3)C2=O)CCOCC1. The largest absolute Gasteiger partial charge is 0.381 e. The Morgan fingerprint density at radius 2 is 2.06 bits per heavy atom. The van der Waals surface area contributed by atoms with Gasteiger partial charge in [0.1, 0.15) is 0 Å². The molecule has 0 radical (unpaired) electrons. The van der Waals surface area contributed by atoms with Crippen molar-refractivity contribution in [3.05, 3.63) is 0 Å². The molecule has 3 aliphatic rings. The summed E-state index contributed by atoms with van der Waals surface area (Å²) in [6.07, 6.45) is 5.65. The van der Waals surface area contributed by atoms with Gasteiger partial charge in [0.05, 0.1) is 6.04 Å². The van der Waals surface area contributed by atoms with Gasteiger partial charge in [-0.15, -0.1) is 0 Å². The molecule has 18 heavy (non-hydrogen) atoms. The average molecular weight is 252 g/mol.